The number of anilines is 1. The average molecular weight is 276 g/mol. The van der Waals surface area contributed by atoms with Gasteiger partial charge in [-0.25, -0.2) is 9.78 Å². The van der Waals surface area contributed by atoms with Gasteiger partial charge in [-0.2, -0.15) is 0 Å². The van der Waals surface area contributed by atoms with E-state index in [0.717, 1.165) is 12.3 Å². The molecule has 3 unspecified atom stereocenters. The number of esters is 1. The van der Waals surface area contributed by atoms with Gasteiger partial charge >= 0.3 is 5.97 Å². The van der Waals surface area contributed by atoms with E-state index in [9.17, 15) is 4.79 Å². The molecule has 1 aromatic heterocycles. The summed E-state index contributed by atoms with van der Waals surface area (Å²) in [5.41, 5.74) is 0.529. The van der Waals surface area contributed by atoms with Gasteiger partial charge in [-0.1, -0.05) is 20.3 Å². The maximum Gasteiger partial charge on any atom is 0.341 e. The fourth-order valence-electron chi connectivity index (χ4n) is 3.10. The minimum Gasteiger partial charge on any atom is -0.462 e. The molecule has 0 amide bonds. The Balaban J connectivity index is 2.12. The Labute approximate surface area is 120 Å². The first kappa shape index (κ1) is 14.8. The molecule has 0 radical (unpaired) electrons. The molecule has 0 aliphatic heterocycles. The van der Waals surface area contributed by atoms with Crippen LogP contribution in [0.4, 0.5) is 5.82 Å². The first-order valence-corrected chi connectivity index (χ1v) is 7.56. The maximum absolute atomic E-state index is 11.9. The summed E-state index contributed by atoms with van der Waals surface area (Å²) in [6, 6.07) is 3.93. The zero-order valence-corrected chi connectivity index (χ0v) is 12.6. The fraction of sp³-hybridized carbons (Fsp3) is 0.625. The van der Waals surface area contributed by atoms with Crippen LogP contribution >= 0.6 is 0 Å². The summed E-state index contributed by atoms with van der Waals surface area (Å²) < 4.78 is 5.08. The van der Waals surface area contributed by atoms with Gasteiger partial charge < -0.3 is 10.1 Å². The summed E-state index contributed by atoms with van der Waals surface area (Å²) in [6.07, 6.45) is 5.31. The summed E-state index contributed by atoms with van der Waals surface area (Å²) in [6.45, 7) is 6.72. The highest BCUT2D eigenvalue weighted by Gasteiger charge is 2.32. The first-order chi connectivity index (χ1) is 9.67. The van der Waals surface area contributed by atoms with E-state index in [1.54, 1.807) is 18.3 Å². The zero-order chi connectivity index (χ0) is 14.5. The molecule has 1 N–H and O–H groups in total. The number of hydrogen-bond acceptors (Lipinski definition) is 4. The van der Waals surface area contributed by atoms with Crippen molar-refractivity contribution in [3.05, 3.63) is 23.9 Å². The Kier molecular flexibility index (Phi) is 4.99. The smallest absolute Gasteiger partial charge is 0.341 e. The summed E-state index contributed by atoms with van der Waals surface area (Å²) in [7, 11) is 0. The van der Waals surface area contributed by atoms with Crippen molar-refractivity contribution in [2.45, 2.75) is 46.1 Å². The highest BCUT2D eigenvalue weighted by molar-refractivity contribution is 5.94. The Hall–Kier alpha value is -1.58. The van der Waals surface area contributed by atoms with E-state index < -0.39 is 0 Å². The highest BCUT2D eigenvalue weighted by Crippen LogP contribution is 2.35. The van der Waals surface area contributed by atoms with Crippen LogP contribution in [0, 0.1) is 11.8 Å². The number of pyridine rings is 1. The molecule has 110 valence electrons. The number of carbonyl (C=O) groups excluding carboxylic acids is 1. The Morgan fingerprint density at radius 2 is 2.25 bits per heavy atom. The van der Waals surface area contributed by atoms with Gasteiger partial charge in [-0.15, -0.1) is 0 Å². The van der Waals surface area contributed by atoms with Crippen LogP contribution in [0.1, 0.15) is 50.4 Å². The first-order valence-electron chi connectivity index (χ1n) is 7.56. The minimum absolute atomic E-state index is 0.305. The quantitative estimate of drug-likeness (QED) is 0.836. The molecule has 3 atom stereocenters. The van der Waals surface area contributed by atoms with Crippen molar-refractivity contribution < 1.29 is 9.53 Å². The van der Waals surface area contributed by atoms with E-state index in [1.807, 2.05) is 6.92 Å². The van der Waals surface area contributed by atoms with E-state index in [4.69, 9.17) is 4.74 Å². The molecule has 0 saturated heterocycles. The van der Waals surface area contributed by atoms with Crippen LogP contribution in [0.15, 0.2) is 18.3 Å². The second kappa shape index (κ2) is 6.73. The molecule has 1 aromatic rings. The third kappa shape index (κ3) is 3.11. The van der Waals surface area contributed by atoms with Gasteiger partial charge in [0.25, 0.3) is 0 Å². The third-order valence-corrected chi connectivity index (χ3v) is 4.38. The van der Waals surface area contributed by atoms with E-state index >= 15 is 0 Å². The number of hydrogen-bond donors (Lipinski definition) is 1. The van der Waals surface area contributed by atoms with Crippen LogP contribution in [0.5, 0.6) is 0 Å². The molecule has 0 aromatic carbocycles. The average Bonchev–Trinajstić information content (AvgIpc) is 2.80. The molecule has 4 heteroatoms. The van der Waals surface area contributed by atoms with Gasteiger partial charge in [-0.3, -0.25) is 0 Å². The summed E-state index contributed by atoms with van der Waals surface area (Å²) >= 11 is 0. The molecule has 1 aliphatic rings. The summed E-state index contributed by atoms with van der Waals surface area (Å²) in [5, 5.41) is 3.45. The van der Waals surface area contributed by atoms with Crippen molar-refractivity contribution in [2.24, 2.45) is 11.8 Å². The van der Waals surface area contributed by atoms with E-state index in [1.165, 1.54) is 12.8 Å². The molecule has 1 heterocycles. The van der Waals surface area contributed by atoms with Crippen molar-refractivity contribution >= 4 is 11.8 Å². The number of aromatic nitrogens is 1. The number of ether oxygens (including phenoxy) is 1. The lowest BCUT2D eigenvalue weighted by atomic mass is 9.93. The predicted octanol–water partition coefficient (Wildman–Crippen LogP) is 3.49. The van der Waals surface area contributed by atoms with Crippen molar-refractivity contribution in [1.82, 2.24) is 4.98 Å². The molecular weight excluding hydrogens is 252 g/mol. The van der Waals surface area contributed by atoms with Gasteiger partial charge in [0, 0.05) is 12.2 Å². The Bertz CT molecular complexity index is 462. The molecule has 1 saturated carbocycles. The highest BCUT2D eigenvalue weighted by atomic mass is 16.5. The second-order valence-corrected chi connectivity index (χ2v) is 5.48. The lowest BCUT2D eigenvalue weighted by Crippen LogP contribution is -2.26. The van der Waals surface area contributed by atoms with Crippen molar-refractivity contribution in [2.75, 3.05) is 11.9 Å². The van der Waals surface area contributed by atoms with E-state index in [0.29, 0.717) is 29.9 Å². The topological polar surface area (TPSA) is 51.2 Å². The van der Waals surface area contributed by atoms with Gasteiger partial charge in [0.1, 0.15) is 11.4 Å². The third-order valence-electron chi connectivity index (χ3n) is 4.38. The molecule has 0 spiro atoms. The lowest BCUT2D eigenvalue weighted by Gasteiger charge is -2.22. The molecule has 0 bridgehead atoms. The van der Waals surface area contributed by atoms with Gasteiger partial charge in [-0.05, 0) is 43.7 Å². The van der Waals surface area contributed by atoms with Crippen molar-refractivity contribution in [3.8, 4) is 0 Å². The minimum atomic E-state index is -0.305. The van der Waals surface area contributed by atoms with E-state index in [-0.39, 0.29) is 5.97 Å². The molecule has 20 heavy (non-hydrogen) atoms. The standard InChI is InChI=1S/C16H24N2O2/c1-4-12-8-9-14(11(12)3)18-15-13(7-6-10-17-15)16(19)20-5-2/h6-7,10-12,14H,4-5,8-9H2,1-3H3,(H,17,18). The summed E-state index contributed by atoms with van der Waals surface area (Å²) in [5.74, 6) is 1.72. The normalized spacial score (nSPS) is 25.4. The van der Waals surface area contributed by atoms with Crippen LogP contribution in [-0.4, -0.2) is 23.6 Å². The number of nitrogens with zero attached hydrogens (tertiary/aromatic N) is 1. The molecule has 2 rings (SSSR count). The van der Waals surface area contributed by atoms with Crippen LogP contribution in [0.2, 0.25) is 0 Å². The molecule has 4 nitrogen and oxygen atoms in total. The zero-order valence-electron chi connectivity index (χ0n) is 12.6. The summed E-state index contributed by atoms with van der Waals surface area (Å²) in [4.78, 5) is 16.3. The van der Waals surface area contributed by atoms with Crippen LogP contribution < -0.4 is 5.32 Å². The SMILES string of the molecule is CCOC(=O)c1cccnc1NC1CCC(CC)C1C. The van der Waals surface area contributed by atoms with Crippen molar-refractivity contribution in [3.63, 3.8) is 0 Å². The Morgan fingerprint density at radius 1 is 1.45 bits per heavy atom. The predicted molar refractivity (Wildman–Crippen MR) is 79.8 cm³/mol. The number of carbonyl (C=O) groups is 1. The monoisotopic (exact) mass is 276 g/mol. The van der Waals surface area contributed by atoms with Crippen LogP contribution in [-0.2, 0) is 4.74 Å². The number of rotatable bonds is 5. The molecule has 1 aliphatic carbocycles. The van der Waals surface area contributed by atoms with Gasteiger partial charge in [0.05, 0.1) is 6.61 Å². The largest absolute Gasteiger partial charge is 0.462 e. The van der Waals surface area contributed by atoms with Crippen molar-refractivity contribution in [1.29, 1.82) is 0 Å². The van der Waals surface area contributed by atoms with E-state index in [2.05, 4.69) is 24.1 Å². The Morgan fingerprint density at radius 3 is 2.90 bits per heavy atom. The molecule has 1 fully saturated rings. The van der Waals surface area contributed by atoms with Crippen LogP contribution in [0.25, 0.3) is 0 Å². The lowest BCUT2D eigenvalue weighted by molar-refractivity contribution is 0.0527. The molecular formula is C16H24N2O2. The van der Waals surface area contributed by atoms with Crippen LogP contribution in [0.3, 0.4) is 0 Å². The number of nitrogens with one attached hydrogen (secondary N) is 1. The fourth-order valence-corrected chi connectivity index (χ4v) is 3.10. The van der Waals surface area contributed by atoms with Gasteiger partial charge in [0.2, 0.25) is 0 Å². The maximum atomic E-state index is 11.9. The van der Waals surface area contributed by atoms with Gasteiger partial charge in [0.15, 0.2) is 0 Å². The second-order valence-electron chi connectivity index (χ2n) is 5.48.